The standard InChI is InChI=1S/C17H23FN2/c1-12(2)16-8-7-13(3)10-17(16,11-19)20-15-6-4-5-14(18)9-15/h4-6,9,12-13,16,20H,7-8,10H2,1-3H3. The Morgan fingerprint density at radius 2 is 2.15 bits per heavy atom. The van der Waals surface area contributed by atoms with Crippen molar-refractivity contribution in [3.63, 3.8) is 0 Å². The Balaban J connectivity index is 2.32. The second kappa shape index (κ2) is 5.83. The summed E-state index contributed by atoms with van der Waals surface area (Å²) in [5.41, 5.74) is 0.117. The number of benzene rings is 1. The lowest BCUT2D eigenvalue weighted by molar-refractivity contribution is 0.167. The average molecular weight is 274 g/mol. The van der Waals surface area contributed by atoms with E-state index in [1.165, 1.54) is 12.1 Å². The third-order valence-corrected chi connectivity index (χ3v) is 4.47. The van der Waals surface area contributed by atoms with Crippen molar-refractivity contribution < 1.29 is 4.39 Å². The highest BCUT2D eigenvalue weighted by Gasteiger charge is 2.44. The Morgan fingerprint density at radius 1 is 1.40 bits per heavy atom. The van der Waals surface area contributed by atoms with Crippen LogP contribution in [0, 0.1) is 34.9 Å². The first-order valence-corrected chi connectivity index (χ1v) is 7.42. The molecule has 1 N–H and O–H groups in total. The van der Waals surface area contributed by atoms with Gasteiger partial charge >= 0.3 is 0 Å². The summed E-state index contributed by atoms with van der Waals surface area (Å²) >= 11 is 0. The molecule has 20 heavy (non-hydrogen) atoms. The maximum Gasteiger partial charge on any atom is 0.128 e. The lowest BCUT2D eigenvalue weighted by atomic mass is 9.65. The van der Waals surface area contributed by atoms with E-state index in [4.69, 9.17) is 0 Å². The minimum Gasteiger partial charge on any atom is -0.367 e. The fourth-order valence-corrected chi connectivity index (χ4v) is 3.54. The van der Waals surface area contributed by atoms with Crippen molar-refractivity contribution in [1.29, 1.82) is 5.26 Å². The van der Waals surface area contributed by atoms with Crippen molar-refractivity contribution in [2.45, 2.75) is 45.6 Å². The van der Waals surface area contributed by atoms with Crippen LogP contribution in [0.5, 0.6) is 0 Å². The van der Waals surface area contributed by atoms with E-state index in [0.717, 1.165) is 19.3 Å². The highest BCUT2D eigenvalue weighted by Crippen LogP contribution is 2.42. The fourth-order valence-electron chi connectivity index (χ4n) is 3.54. The van der Waals surface area contributed by atoms with Crippen molar-refractivity contribution in [3.8, 4) is 6.07 Å². The number of hydrogen-bond donors (Lipinski definition) is 1. The van der Waals surface area contributed by atoms with Gasteiger partial charge in [-0.1, -0.05) is 33.3 Å². The number of nitrogens with zero attached hydrogens (tertiary/aromatic N) is 1. The molecule has 1 aliphatic rings. The average Bonchev–Trinajstić information content (AvgIpc) is 2.38. The number of anilines is 1. The third kappa shape index (κ3) is 2.95. The van der Waals surface area contributed by atoms with E-state index in [9.17, 15) is 9.65 Å². The zero-order chi connectivity index (χ0) is 14.8. The molecule has 1 aliphatic carbocycles. The predicted octanol–water partition coefficient (Wildman–Crippen LogP) is 4.59. The molecule has 1 aromatic rings. The van der Waals surface area contributed by atoms with Gasteiger partial charge < -0.3 is 5.32 Å². The van der Waals surface area contributed by atoms with E-state index in [1.807, 2.05) is 6.07 Å². The number of halogens is 1. The molecule has 2 nitrogen and oxygen atoms in total. The molecule has 0 heterocycles. The van der Waals surface area contributed by atoms with E-state index in [1.54, 1.807) is 6.07 Å². The quantitative estimate of drug-likeness (QED) is 0.875. The Morgan fingerprint density at radius 3 is 2.75 bits per heavy atom. The van der Waals surface area contributed by atoms with Gasteiger partial charge in [0.05, 0.1) is 6.07 Å². The Kier molecular flexibility index (Phi) is 4.32. The molecular formula is C17H23FN2. The molecule has 2 rings (SSSR count). The van der Waals surface area contributed by atoms with Gasteiger partial charge in [0.15, 0.2) is 0 Å². The molecular weight excluding hydrogens is 251 g/mol. The lowest BCUT2D eigenvalue weighted by Gasteiger charge is -2.44. The van der Waals surface area contributed by atoms with Crippen molar-refractivity contribution >= 4 is 5.69 Å². The first-order valence-electron chi connectivity index (χ1n) is 7.42. The van der Waals surface area contributed by atoms with Crippen LogP contribution >= 0.6 is 0 Å². The smallest absolute Gasteiger partial charge is 0.128 e. The van der Waals surface area contributed by atoms with Crippen LogP contribution in [0.15, 0.2) is 24.3 Å². The summed E-state index contributed by atoms with van der Waals surface area (Å²) in [7, 11) is 0. The van der Waals surface area contributed by atoms with Crippen molar-refractivity contribution in [1.82, 2.24) is 0 Å². The monoisotopic (exact) mass is 274 g/mol. The molecule has 1 fully saturated rings. The predicted molar refractivity (Wildman–Crippen MR) is 79.7 cm³/mol. The normalized spacial score (nSPS) is 30.0. The second-order valence-electron chi connectivity index (χ2n) is 6.46. The van der Waals surface area contributed by atoms with Gasteiger partial charge in [0.25, 0.3) is 0 Å². The first kappa shape index (κ1) is 14.8. The fraction of sp³-hybridized carbons (Fsp3) is 0.588. The number of rotatable bonds is 3. The van der Waals surface area contributed by atoms with Crippen LogP contribution in [0.25, 0.3) is 0 Å². The van der Waals surface area contributed by atoms with Crippen LogP contribution in [-0.4, -0.2) is 5.54 Å². The van der Waals surface area contributed by atoms with E-state index < -0.39 is 5.54 Å². The van der Waals surface area contributed by atoms with E-state index in [0.29, 0.717) is 23.4 Å². The molecule has 0 aromatic heterocycles. The van der Waals surface area contributed by atoms with Crippen LogP contribution in [-0.2, 0) is 0 Å². The molecule has 0 spiro atoms. The molecule has 1 aromatic carbocycles. The molecule has 1 saturated carbocycles. The molecule has 3 unspecified atom stereocenters. The highest BCUT2D eigenvalue weighted by molar-refractivity contribution is 5.48. The van der Waals surface area contributed by atoms with Gasteiger partial charge in [-0.3, -0.25) is 0 Å². The topological polar surface area (TPSA) is 35.8 Å². The van der Waals surface area contributed by atoms with E-state index in [-0.39, 0.29) is 5.82 Å². The van der Waals surface area contributed by atoms with Gasteiger partial charge in [0.2, 0.25) is 0 Å². The van der Waals surface area contributed by atoms with Crippen LogP contribution in [0.4, 0.5) is 10.1 Å². The van der Waals surface area contributed by atoms with Gasteiger partial charge in [-0.15, -0.1) is 0 Å². The van der Waals surface area contributed by atoms with Crippen LogP contribution in [0.3, 0.4) is 0 Å². The summed E-state index contributed by atoms with van der Waals surface area (Å²) in [6, 6.07) is 8.92. The van der Waals surface area contributed by atoms with E-state index >= 15 is 0 Å². The van der Waals surface area contributed by atoms with Crippen LogP contribution in [0.1, 0.15) is 40.0 Å². The van der Waals surface area contributed by atoms with Gasteiger partial charge in [-0.05, 0) is 48.8 Å². The molecule has 3 heteroatoms. The van der Waals surface area contributed by atoms with Gasteiger partial charge in [0.1, 0.15) is 11.4 Å². The SMILES string of the molecule is CC1CCC(C(C)C)C(C#N)(Nc2cccc(F)c2)C1. The molecule has 0 saturated heterocycles. The molecule has 3 atom stereocenters. The molecule has 108 valence electrons. The van der Waals surface area contributed by atoms with Crippen LogP contribution in [0.2, 0.25) is 0 Å². The van der Waals surface area contributed by atoms with Gasteiger partial charge in [-0.2, -0.15) is 5.26 Å². The Hall–Kier alpha value is -1.56. The summed E-state index contributed by atoms with van der Waals surface area (Å²) in [5, 5.41) is 13.1. The van der Waals surface area contributed by atoms with E-state index in [2.05, 4.69) is 32.2 Å². The molecule has 0 bridgehead atoms. The minimum absolute atomic E-state index is 0.270. The van der Waals surface area contributed by atoms with Gasteiger partial charge in [0, 0.05) is 5.69 Å². The maximum atomic E-state index is 13.4. The third-order valence-electron chi connectivity index (χ3n) is 4.47. The number of nitriles is 1. The summed E-state index contributed by atoms with van der Waals surface area (Å²) in [5.74, 6) is 0.980. The summed E-state index contributed by atoms with van der Waals surface area (Å²) < 4.78 is 13.4. The largest absolute Gasteiger partial charge is 0.367 e. The second-order valence-corrected chi connectivity index (χ2v) is 6.46. The summed E-state index contributed by atoms with van der Waals surface area (Å²) in [6.45, 7) is 6.52. The Bertz CT molecular complexity index is 506. The lowest BCUT2D eigenvalue weighted by Crippen LogP contribution is -2.50. The first-order chi connectivity index (χ1) is 9.47. The zero-order valence-corrected chi connectivity index (χ0v) is 12.5. The van der Waals surface area contributed by atoms with Gasteiger partial charge in [-0.25, -0.2) is 4.39 Å². The van der Waals surface area contributed by atoms with Crippen molar-refractivity contribution in [2.75, 3.05) is 5.32 Å². The van der Waals surface area contributed by atoms with Crippen LogP contribution < -0.4 is 5.32 Å². The summed E-state index contributed by atoms with van der Waals surface area (Å²) in [4.78, 5) is 0. The van der Waals surface area contributed by atoms with Crippen molar-refractivity contribution in [2.24, 2.45) is 17.8 Å². The van der Waals surface area contributed by atoms with Crippen molar-refractivity contribution in [3.05, 3.63) is 30.1 Å². The maximum absolute atomic E-state index is 13.4. The zero-order valence-electron chi connectivity index (χ0n) is 12.5. The molecule has 0 aliphatic heterocycles. The Labute approximate surface area is 121 Å². The minimum atomic E-state index is -0.584. The molecule has 0 amide bonds. The number of hydrogen-bond acceptors (Lipinski definition) is 2. The number of nitrogens with one attached hydrogen (secondary N) is 1. The molecule has 0 radical (unpaired) electrons. The summed E-state index contributed by atoms with van der Waals surface area (Å²) in [6.07, 6.45) is 3.04. The highest BCUT2D eigenvalue weighted by atomic mass is 19.1.